The van der Waals surface area contributed by atoms with Gasteiger partial charge < -0.3 is 10.6 Å². The monoisotopic (exact) mass is 370 g/mol. The minimum Gasteiger partial charge on any atom is -0.366 e. The van der Waals surface area contributed by atoms with Crippen molar-refractivity contribution in [1.29, 1.82) is 0 Å². The van der Waals surface area contributed by atoms with Gasteiger partial charge in [-0.2, -0.15) is 0 Å². The van der Waals surface area contributed by atoms with Crippen molar-refractivity contribution in [3.8, 4) is 0 Å². The highest BCUT2D eigenvalue weighted by Crippen LogP contribution is 2.19. The summed E-state index contributed by atoms with van der Waals surface area (Å²) in [7, 11) is 0. The molecular weight excluding hydrogens is 348 g/mol. The molecule has 1 aliphatic heterocycles. The van der Waals surface area contributed by atoms with Gasteiger partial charge in [-0.1, -0.05) is 30.3 Å². The zero-order valence-corrected chi connectivity index (χ0v) is 15.8. The maximum atomic E-state index is 12.3. The molecular formula is C20H23ClN4O. The molecule has 1 amide bonds. The Bertz CT molecular complexity index is 807. The molecule has 0 radical (unpaired) electrons. The van der Waals surface area contributed by atoms with E-state index in [0.29, 0.717) is 12.4 Å². The third-order valence-corrected chi connectivity index (χ3v) is 4.81. The smallest absolute Gasteiger partial charge is 0.226 e. The average molecular weight is 371 g/mol. The summed E-state index contributed by atoms with van der Waals surface area (Å²) in [5.74, 6) is 1.30. The van der Waals surface area contributed by atoms with Gasteiger partial charge in [0.25, 0.3) is 0 Å². The lowest BCUT2D eigenvalue weighted by Crippen LogP contribution is -2.33. The zero-order chi connectivity index (χ0) is 18.5. The second-order valence-corrected chi connectivity index (χ2v) is 6.88. The number of amides is 1. The summed E-state index contributed by atoms with van der Waals surface area (Å²) < 4.78 is 0. The molecule has 0 spiro atoms. The minimum atomic E-state index is -0.0400. The molecule has 2 heterocycles. The van der Waals surface area contributed by atoms with E-state index in [2.05, 4.69) is 20.6 Å². The summed E-state index contributed by atoms with van der Waals surface area (Å²) in [6.45, 7) is 4.59. The first-order valence-electron chi connectivity index (χ1n) is 8.76. The van der Waals surface area contributed by atoms with E-state index in [1.54, 1.807) is 6.20 Å². The van der Waals surface area contributed by atoms with E-state index in [1.165, 1.54) is 0 Å². The van der Waals surface area contributed by atoms with Gasteiger partial charge >= 0.3 is 0 Å². The number of pyridine rings is 1. The Morgan fingerprint density at radius 1 is 1.27 bits per heavy atom. The second kappa shape index (κ2) is 8.32. The van der Waals surface area contributed by atoms with Crippen LogP contribution in [0.15, 0.2) is 47.6 Å². The van der Waals surface area contributed by atoms with Crippen LogP contribution in [0.1, 0.15) is 42.3 Å². The van der Waals surface area contributed by atoms with Gasteiger partial charge in [-0.3, -0.25) is 14.8 Å². The SMILES string of the molecule is CC(CCl)NC1=NCc2cc(CC(=O)N[C@H](C)c3ccccc3)ncc21. The maximum absolute atomic E-state index is 12.3. The van der Waals surface area contributed by atoms with Crippen molar-refractivity contribution in [3.63, 3.8) is 0 Å². The van der Waals surface area contributed by atoms with Gasteiger partial charge in [0.05, 0.1) is 24.7 Å². The van der Waals surface area contributed by atoms with Crippen LogP contribution in [0.3, 0.4) is 0 Å². The number of aromatic nitrogens is 1. The quantitative estimate of drug-likeness (QED) is 0.768. The summed E-state index contributed by atoms with van der Waals surface area (Å²) in [4.78, 5) is 21.3. The van der Waals surface area contributed by atoms with Crippen molar-refractivity contribution >= 4 is 23.3 Å². The lowest BCUT2D eigenvalue weighted by atomic mass is 10.1. The molecule has 2 N–H and O–H groups in total. The predicted octanol–water partition coefficient (Wildman–Crippen LogP) is 2.98. The number of aliphatic imine (C=N–C) groups is 1. The number of hydrogen-bond acceptors (Lipinski definition) is 4. The lowest BCUT2D eigenvalue weighted by molar-refractivity contribution is -0.121. The number of hydrogen-bond donors (Lipinski definition) is 2. The van der Waals surface area contributed by atoms with E-state index in [1.807, 2.05) is 50.2 Å². The number of alkyl halides is 1. The molecule has 1 aromatic carbocycles. The molecule has 2 atom stereocenters. The Hall–Kier alpha value is -2.40. The number of amidine groups is 1. The van der Waals surface area contributed by atoms with Crippen LogP contribution in [0, 0.1) is 0 Å². The Morgan fingerprint density at radius 2 is 2.04 bits per heavy atom. The number of rotatable bonds is 6. The highest BCUT2D eigenvalue weighted by Gasteiger charge is 2.19. The molecule has 136 valence electrons. The third kappa shape index (κ3) is 4.41. The van der Waals surface area contributed by atoms with E-state index in [-0.39, 0.29) is 24.4 Å². The van der Waals surface area contributed by atoms with Crippen molar-refractivity contribution in [1.82, 2.24) is 15.6 Å². The number of carbonyl (C=O) groups is 1. The van der Waals surface area contributed by atoms with Gasteiger partial charge in [-0.25, -0.2) is 0 Å². The minimum absolute atomic E-state index is 0.0331. The first-order chi connectivity index (χ1) is 12.6. The van der Waals surface area contributed by atoms with Crippen LogP contribution < -0.4 is 10.6 Å². The summed E-state index contributed by atoms with van der Waals surface area (Å²) in [5, 5.41) is 6.31. The van der Waals surface area contributed by atoms with Gasteiger partial charge in [-0.05, 0) is 31.0 Å². The van der Waals surface area contributed by atoms with E-state index in [4.69, 9.17) is 11.6 Å². The van der Waals surface area contributed by atoms with Crippen molar-refractivity contribution < 1.29 is 4.79 Å². The van der Waals surface area contributed by atoms with Gasteiger partial charge in [0.15, 0.2) is 0 Å². The Kier molecular flexibility index (Phi) is 5.89. The molecule has 0 saturated carbocycles. The normalized spacial score (nSPS) is 15.0. The lowest BCUT2D eigenvalue weighted by Gasteiger charge is -2.15. The standard InChI is InChI=1S/C20H23ClN4O/c1-13(10-21)24-20-18-12-22-17(8-16(18)11-23-20)9-19(26)25-14(2)15-6-4-3-5-7-15/h3-8,12-14H,9-11H2,1-2H3,(H,23,24)(H,25,26)/t13?,14-/m1/s1. The van der Waals surface area contributed by atoms with E-state index < -0.39 is 0 Å². The first kappa shape index (κ1) is 18.4. The zero-order valence-electron chi connectivity index (χ0n) is 15.0. The van der Waals surface area contributed by atoms with Crippen LogP contribution in [0.25, 0.3) is 0 Å². The summed E-state index contributed by atoms with van der Waals surface area (Å²) in [6, 6.07) is 12.0. The number of carbonyl (C=O) groups excluding carboxylic acids is 1. The van der Waals surface area contributed by atoms with Gasteiger partial charge in [-0.15, -0.1) is 11.6 Å². The molecule has 0 saturated heterocycles. The van der Waals surface area contributed by atoms with Crippen molar-refractivity contribution in [2.45, 2.75) is 38.9 Å². The van der Waals surface area contributed by atoms with Crippen LogP contribution in [0.5, 0.6) is 0 Å². The molecule has 6 heteroatoms. The number of benzene rings is 1. The highest BCUT2D eigenvalue weighted by molar-refractivity contribution is 6.18. The molecule has 1 aromatic heterocycles. The molecule has 1 unspecified atom stereocenters. The highest BCUT2D eigenvalue weighted by atomic mass is 35.5. The number of nitrogens with one attached hydrogen (secondary N) is 2. The molecule has 26 heavy (non-hydrogen) atoms. The second-order valence-electron chi connectivity index (χ2n) is 6.57. The topological polar surface area (TPSA) is 66.4 Å². The van der Waals surface area contributed by atoms with Crippen molar-refractivity contribution in [2.24, 2.45) is 4.99 Å². The van der Waals surface area contributed by atoms with Crippen LogP contribution >= 0.6 is 11.6 Å². The third-order valence-electron chi connectivity index (χ3n) is 4.34. The summed E-state index contributed by atoms with van der Waals surface area (Å²) in [6.07, 6.45) is 2.05. The summed E-state index contributed by atoms with van der Waals surface area (Å²) in [5.41, 5.74) is 3.91. The molecule has 1 aliphatic rings. The number of nitrogens with zero attached hydrogens (tertiary/aromatic N) is 2. The Labute approximate surface area is 158 Å². The molecule has 2 aromatic rings. The van der Waals surface area contributed by atoms with Crippen LogP contribution in [0.2, 0.25) is 0 Å². The van der Waals surface area contributed by atoms with E-state index in [0.717, 1.165) is 28.2 Å². The number of halogens is 1. The predicted molar refractivity (Wildman–Crippen MR) is 104 cm³/mol. The van der Waals surface area contributed by atoms with Gasteiger partial charge in [0, 0.05) is 23.7 Å². The fraction of sp³-hybridized carbons (Fsp3) is 0.350. The van der Waals surface area contributed by atoms with E-state index in [9.17, 15) is 4.79 Å². The van der Waals surface area contributed by atoms with Gasteiger partial charge in [0.1, 0.15) is 5.84 Å². The molecule has 5 nitrogen and oxygen atoms in total. The molecule has 0 aliphatic carbocycles. The van der Waals surface area contributed by atoms with Crippen LogP contribution in [0.4, 0.5) is 0 Å². The largest absolute Gasteiger partial charge is 0.366 e. The first-order valence-corrected chi connectivity index (χ1v) is 9.29. The van der Waals surface area contributed by atoms with Gasteiger partial charge in [0.2, 0.25) is 5.91 Å². The van der Waals surface area contributed by atoms with Crippen LogP contribution in [-0.4, -0.2) is 28.6 Å². The fourth-order valence-corrected chi connectivity index (χ4v) is 2.99. The molecule has 3 rings (SSSR count). The summed E-state index contributed by atoms with van der Waals surface area (Å²) >= 11 is 5.85. The Balaban J connectivity index is 1.61. The van der Waals surface area contributed by atoms with Crippen molar-refractivity contribution in [2.75, 3.05) is 5.88 Å². The average Bonchev–Trinajstić information content (AvgIpc) is 3.04. The van der Waals surface area contributed by atoms with E-state index >= 15 is 0 Å². The van der Waals surface area contributed by atoms with Crippen molar-refractivity contribution in [3.05, 3.63) is 65.0 Å². The fourth-order valence-electron chi connectivity index (χ4n) is 2.91. The Morgan fingerprint density at radius 3 is 2.77 bits per heavy atom. The van der Waals surface area contributed by atoms with Crippen LogP contribution in [-0.2, 0) is 17.8 Å². The number of fused-ring (bicyclic) bond motifs is 1. The molecule has 0 fully saturated rings. The molecule has 0 bridgehead atoms. The maximum Gasteiger partial charge on any atom is 0.226 e.